The number of benzene rings is 2. The van der Waals surface area contributed by atoms with E-state index < -0.39 is 17.2 Å². The number of rotatable bonds is 18. The first kappa shape index (κ1) is 59.2. The van der Waals surface area contributed by atoms with Crippen LogP contribution in [0.1, 0.15) is 88.5 Å². The molecule has 0 aliphatic carbocycles. The van der Waals surface area contributed by atoms with E-state index in [1.807, 2.05) is 67.0 Å². The van der Waals surface area contributed by atoms with E-state index in [0.717, 1.165) is 73.1 Å². The summed E-state index contributed by atoms with van der Waals surface area (Å²) in [5, 5.41) is 0. The maximum absolute atomic E-state index is 15.1. The number of amides is 4. The molecule has 0 radical (unpaired) electrons. The Balaban J connectivity index is 0.000000179. The number of hydrogen-bond acceptors (Lipinski definition) is 15. The molecule has 0 bridgehead atoms. The summed E-state index contributed by atoms with van der Waals surface area (Å²) in [7, 11) is 0. The van der Waals surface area contributed by atoms with Crippen molar-refractivity contribution in [3.05, 3.63) is 144 Å². The van der Waals surface area contributed by atoms with Crippen LogP contribution in [-0.2, 0) is 54.6 Å². The van der Waals surface area contributed by atoms with Crippen LogP contribution in [-0.4, -0.2) is 120 Å². The molecule has 0 saturated carbocycles. The number of Topliss-reactive ketones (excluding diaryl/α,β-unsaturated/α-hetero) is 2. The number of nitrogens with zero attached hydrogens (tertiary/aromatic N) is 8. The smallest absolute Gasteiger partial charge is 0.410 e. The third-order valence-electron chi connectivity index (χ3n) is 15.3. The van der Waals surface area contributed by atoms with Crippen LogP contribution < -0.4 is 9.47 Å². The number of fused-ring (bicyclic) bond motifs is 2. The zero-order valence-electron chi connectivity index (χ0n) is 48.2. The molecule has 2 aromatic carbocycles. The summed E-state index contributed by atoms with van der Waals surface area (Å²) in [6, 6.07) is 24.3. The Morgan fingerprint density at radius 1 is 0.570 bits per heavy atom. The Bertz CT molecular complexity index is 3870. The van der Waals surface area contributed by atoms with Gasteiger partial charge in [-0.15, -0.1) is 22.7 Å². The van der Waals surface area contributed by atoms with Gasteiger partial charge in [-0.3, -0.25) is 43.9 Å². The van der Waals surface area contributed by atoms with E-state index in [0.29, 0.717) is 93.1 Å². The highest BCUT2D eigenvalue weighted by atomic mass is 32.1. The molecule has 0 atom stereocenters. The number of ether oxygens (including phenoxy) is 3. The fraction of sp³-hybridized carbons (Fsp3) is 0.354. The Kier molecular flexibility index (Phi) is 17.6. The zero-order chi connectivity index (χ0) is 60.2. The zero-order valence-corrected chi connectivity index (χ0v) is 49.8. The van der Waals surface area contributed by atoms with E-state index in [-0.39, 0.29) is 71.6 Å². The second kappa shape index (κ2) is 25.6. The van der Waals surface area contributed by atoms with Crippen LogP contribution in [0.4, 0.5) is 13.6 Å². The highest BCUT2D eigenvalue weighted by Crippen LogP contribution is 2.41. The van der Waals surface area contributed by atoms with Gasteiger partial charge in [0.1, 0.15) is 28.7 Å². The molecule has 12 rings (SSSR count). The summed E-state index contributed by atoms with van der Waals surface area (Å²) in [4.78, 5) is 99.4. The first-order valence-electron chi connectivity index (χ1n) is 28.8. The van der Waals surface area contributed by atoms with Crippen molar-refractivity contribution in [3.8, 4) is 44.1 Å². The van der Waals surface area contributed by atoms with Crippen LogP contribution in [0.5, 0.6) is 23.0 Å². The number of carbonyl (C=O) groups is 6. The molecule has 17 nitrogen and oxygen atoms in total. The minimum atomic E-state index is -0.560. The Hall–Kier alpha value is -8.56. The molecule has 10 heterocycles. The number of hydrogen-bond donors (Lipinski definition) is 0. The summed E-state index contributed by atoms with van der Waals surface area (Å²) in [6.07, 6.45) is 10.4. The van der Waals surface area contributed by atoms with Crippen molar-refractivity contribution in [1.82, 2.24) is 39.5 Å². The van der Waals surface area contributed by atoms with Crippen molar-refractivity contribution in [2.24, 2.45) is 11.8 Å². The van der Waals surface area contributed by atoms with Gasteiger partial charge < -0.3 is 33.8 Å². The Morgan fingerprint density at radius 2 is 1.01 bits per heavy atom. The van der Waals surface area contributed by atoms with Gasteiger partial charge in [0, 0.05) is 147 Å². The minimum absolute atomic E-state index is 0.00922. The normalized spacial score (nSPS) is 15.4. The molecule has 0 spiro atoms. The fourth-order valence-corrected chi connectivity index (χ4v) is 12.9. The van der Waals surface area contributed by atoms with Crippen LogP contribution in [0.15, 0.2) is 110 Å². The average molecular weight is 1200 g/mol. The van der Waals surface area contributed by atoms with Crippen LogP contribution >= 0.6 is 22.7 Å². The molecule has 4 amide bonds. The highest BCUT2D eigenvalue weighted by molar-refractivity contribution is 7.23. The molecular weight excluding hydrogens is 1140 g/mol. The van der Waals surface area contributed by atoms with Crippen LogP contribution in [0.3, 0.4) is 0 Å². The SMILES string of the molecule is CC(=O)N1CC(CC(=O)Cc2ccc(Oc3ccnc4cc(-c5ccc(CN6CCCC6=O)cn5)sc34)c(F)c2)C1.CC(C)(C)OC(=O)N1CC(CC(=O)Cc2ccc(Oc3ccnc4cc(-c5ccc(CN6CCCC6=O)cn5)sc34)c(F)c2)C1. The molecule has 21 heteroatoms. The van der Waals surface area contributed by atoms with Crippen molar-refractivity contribution >= 4 is 78.5 Å². The van der Waals surface area contributed by atoms with Crippen molar-refractivity contribution in [2.75, 3.05) is 39.3 Å². The van der Waals surface area contributed by atoms with Crippen molar-refractivity contribution in [1.29, 1.82) is 0 Å². The highest BCUT2D eigenvalue weighted by Gasteiger charge is 2.35. The second-order valence-corrected chi connectivity index (χ2v) is 25.4. The van der Waals surface area contributed by atoms with Gasteiger partial charge in [0.2, 0.25) is 17.7 Å². The van der Waals surface area contributed by atoms with E-state index in [2.05, 4.69) is 19.9 Å². The number of halogens is 2. The predicted octanol–water partition coefficient (Wildman–Crippen LogP) is 12.2. The van der Waals surface area contributed by atoms with E-state index in [1.54, 1.807) is 64.9 Å². The molecule has 0 unspecified atom stereocenters. The van der Waals surface area contributed by atoms with Gasteiger partial charge >= 0.3 is 6.09 Å². The lowest BCUT2D eigenvalue weighted by molar-refractivity contribution is -0.137. The summed E-state index contributed by atoms with van der Waals surface area (Å²) in [6.45, 7) is 11.8. The standard InChI is InChI=1S/C34H35FN4O5S.C31H29FN4O4S/c1-34(2,3)44-33(42)39-19-23(20-39)14-24(40)13-21-7-9-28(25(35)15-21)43-29-10-11-36-27-16-30(45-32(27)29)26-8-6-22(17-37-26)18-38-12-4-5-31(38)41;1-19(37)36-17-22(18-36)12-23(38)11-20-5-7-27(24(32)13-20)40-28-8-9-33-26-14-29(41-31(26)28)25-6-4-21(15-34-25)16-35-10-2-3-30(35)39/h6-11,15-17,23H,4-5,12-14,18-20H2,1-3H3;4-9,13-15,22H,2-3,10-12,16-18H2,1H3. The quantitative estimate of drug-likeness (QED) is 0.0788. The number of pyridine rings is 4. The number of aromatic nitrogens is 4. The molecule has 6 aromatic heterocycles. The second-order valence-electron chi connectivity index (χ2n) is 23.3. The lowest BCUT2D eigenvalue weighted by Crippen LogP contribution is -2.52. The van der Waals surface area contributed by atoms with Gasteiger partial charge in [-0.1, -0.05) is 24.3 Å². The first-order valence-corrected chi connectivity index (χ1v) is 30.4. The monoisotopic (exact) mass is 1200 g/mol. The molecule has 0 N–H and O–H groups in total. The number of thiophene rings is 2. The maximum Gasteiger partial charge on any atom is 0.410 e. The van der Waals surface area contributed by atoms with Crippen LogP contribution in [0.25, 0.3) is 41.6 Å². The van der Waals surface area contributed by atoms with E-state index in [1.165, 1.54) is 47.8 Å². The van der Waals surface area contributed by atoms with Gasteiger partial charge in [-0.25, -0.2) is 13.6 Å². The topological polar surface area (TPSA) is 195 Å². The van der Waals surface area contributed by atoms with Gasteiger partial charge in [-0.2, -0.15) is 0 Å². The molecule has 444 valence electrons. The summed E-state index contributed by atoms with van der Waals surface area (Å²) >= 11 is 2.92. The lowest BCUT2D eigenvalue weighted by atomic mass is 9.92. The van der Waals surface area contributed by atoms with E-state index >= 15 is 8.78 Å². The predicted molar refractivity (Wildman–Crippen MR) is 322 cm³/mol. The number of likely N-dealkylation sites (tertiary alicyclic amines) is 4. The Morgan fingerprint density at radius 3 is 1.40 bits per heavy atom. The third-order valence-corrected chi connectivity index (χ3v) is 17.6. The Labute approximate surface area is 503 Å². The van der Waals surface area contributed by atoms with Crippen LogP contribution in [0.2, 0.25) is 0 Å². The molecule has 86 heavy (non-hydrogen) atoms. The van der Waals surface area contributed by atoms with Crippen molar-refractivity contribution in [3.63, 3.8) is 0 Å². The molecule has 4 saturated heterocycles. The molecule has 4 fully saturated rings. The molecule has 8 aromatic rings. The third kappa shape index (κ3) is 14.4. The minimum Gasteiger partial charge on any atom is -0.453 e. The van der Waals surface area contributed by atoms with E-state index in [9.17, 15) is 28.8 Å². The van der Waals surface area contributed by atoms with E-state index in [4.69, 9.17) is 14.2 Å². The van der Waals surface area contributed by atoms with Gasteiger partial charge in [0.15, 0.2) is 23.1 Å². The lowest BCUT2D eigenvalue weighted by Gasteiger charge is -2.39. The number of ketones is 2. The van der Waals surface area contributed by atoms with Crippen molar-refractivity contribution < 1.29 is 51.8 Å². The molecular formula is C65H64F2N8O9S2. The fourth-order valence-electron chi connectivity index (χ4n) is 10.8. The first-order chi connectivity index (χ1) is 41.3. The average Bonchev–Trinajstić information content (AvgIpc) is 2.16. The molecule has 4 aliphatic rings. The van der Waals surface area contributed by atoms with Crippen molar-refractivity contribution in [2.45, 2.75) is 97.8 Å². The summed E-state index contributed by atoms with van der Waals surface area (Å²) in [5.41, 5.74) is 5.55. The maximum atomic E-state index is 15.1. The van der Waals surface area contributed by atoms with Crippen LogP contribution in [0, 0.1) is 23.5 Å². The van der Waals surface area contributed by atoms with Gasteiger partial charge in [-0.05, 0) is 104 Å². The number of carbonyl (C=O) groups excluding carboxylic acids is 6. The largest absolute Gasteiger partial charge is 0.453 e. The molecule has 4 aliphatic heterocycles. The summed E-state index contributed by atoms with van der Waals surface area (Å²) in [5.74, 6) is 0.642. The summed E-state index contributed by atoms with van der Waals surface area (Å²) < 4.78 is 49.0. The van der Waals surface area contributed by atoms with Gasteiger partial charge in [0.25, 0.3) is 0 Å². The van der Waals surface area contributed by atoms with Gasteiger partial charge in [0.05, 0.1) is 41.6 Å².